The molecule has 0 bridgehead atoms. The molecule has 2 N–H and O–H groups in total. The van der Waals surface area contributed by atoms with E-state index in [1.807, 2.05) is 0 Å². The maximum atomic E-state index is 12.6. The SMILES string of the molecule is O=C(O)c1cc(CCOc2ccc(F)cc2)[nH]n1. The Labute approximate surface area is 102 Å². The molecule has 0 aliphatic rings. The smallest absolute Gasteiger partial charge is 0.356 e. The molecule has 6 heteroatoms. The molecular formula is C12H11FN2O3. The van der Waals surface area contributed by atoms with Gasteiger partial charge in [0.1, 0.15) is 11.6 Å². The lowest BCUT2D eigenvalue weighted by Gasteiger charge is -2.04. The lowest BCUT2D eigenvalue weighted by atomic mass is 10.3. The van der Waals surface area contributed by atoms with Crippen molar-refractivity contribution >= 4 is 5.97 Å². The summed E-state index contributed by atoms with van der Waals surface area (Å²) in [5, 5.41) is 14.9. The number of benzene rings is 1. The van der Waals surface area contributed by atoms with E-state index >= 15 is 0 Å². The lowest BCUT2D eigenvalue weighted by Crippen LogP contribution is -2.01. The summed E-state index contributed by atoms with van der Waals surface area (Å²) >= 11 is 0. The molecule has 1 aromatic carbocycles. The standard InChI is InChI=1S/C12H11FN2O3/c13-8-1-3-10(4-2-8)18-6-5-9-7-11(12(16)17)15-14-9/h1-4,7H,5-6H2,(H,14,15)(H,16,17). The van der Waals surface area contributed by atoms with Gasteiger partial charge in [-0.1, -0.05) is 0 Å². The number of hydrogen-bond acceptors (Lipinski definition) is 3. The molecule has 0 fully saturated rings. The molecule has 1 aromatic heterocycles. The summed E-state index contributed by atoms with van der Waals surface area (Å²) in [4.78, 5) is 10.6. The molecule has 0 saturated carbocycles. The van der Waals surface area contributed by atoms with Crippen LogP contribution < -0.4 is 4.74 Å². The van der Waals surface area contributed by atoms with Crippen molar-refractivity contribution in [2.75, 3.05) is 6.61 Å². The van der Waals surface area contributed by atoms with Crippen LogP contribution in [0.25, 0.3) is 0 Å². The highest BCUT2D eigenvalue weighted by atomic mass is 19.1. The van der Waals surface area contributed by atoms with Crippen LogP contribution in [-0.2, 0) is 6.42 Å². The highest BCUT2D eigenvalue weighted by Gasteiger charge is 2.07. The molecule has 5 nitrogen and oxygen atoms in total. The van der Waals surface area contributed by atoms with Gasteiger partial charge in [0.15, 0.2) is 5.69 Å². The van der Waals surface area contributed by atoms with E-state index in [1.54, 1.807) is 0 Å². The van der Waals surface area contributed by atoms with Gasteiger partial charge in [-0.25, -0.2) is 9.18 Å². The Morgan fingerprint density at radius 3 is 2.72 bits per heavy atom. The van der Waals surface area contributed by atoms with Crippen LogP contribution in [0, 0.1) is 5.82 Å². The number of aromatic nitrogens is 2. The van der Waals surface area contributed by atoms with Gasteiger partial charge in [-0.05, 0) is 30.3 Å². The fourth-order valence-corrected chi connectivity index (χ4v) is 1.41. The van der Waals surface area contributed by atoms with Crippen LogP contribution in [0.15, 0.2) is 30.3 Å². The Hall–Kier alpha value is -2.37. The van der Waals surface area contributed by atoms with Gasteiger partial charge in [0.25, 0.3) is 0 Å². The van der Waals surface area contributed by atoms with Gasteiger partial charge in [0, 0.05) is 12.1 Å². The molecule has 0 atom stereocenters. The largest absolute Gasteiger partial charge is 0.493 e. The zero-order valence-corrected chi connectivity index (χ0v) is 9.39. The zero-order chi connectivity index (χ0) is 13.0. The van der Waals surface area contributed by atoms with Gasteiger partial charge in [-0.2, -0.15) is 5.10 Å². The fraction of sp³-hybridized carbons (Fsp3) is 0.167. The van der Waals surface area contributed by atoms with E-state index in [4.69, 9.17) is 9.84 Å². The summed E-state index contributed by atoms with van der Waals surface area (Å²) in [6.45, 7) is 0.354. The molecule has 0 radical (unpaired) electrons. The average Bonchev–Trinajstić information content (AvgIpc) is 2.81. The number of carboxylic acid groups (broad SMARTS) is 1. The van der Waals surface area contributed by atoms with Crippen molar-refractivity contribution < 1.29 is 19.0 Å². The molecule has 2 rings (SSSR count). The minimum atomic E-state index is -1.07. The van der Waals surface area contributed by atoms with Crippen molar-refractivity contribution in [2.45, 2.75) is 6.42 Å². The fourth-order valence-electron chi connectivity index (χ4n) is 1.41. The first kappa shape index (κ1) is 12.1. The summed E-state index contributed by atoms with van der Waals surface area (Å²) in [6.07, 6.45) is 0.498. The second-order valence-corrected chi connectivity index (χ2v) is 3.64. The Kier molecular flexibility index (Phi) is 3.57. The van der Waals surface area contributed by atoms with Crippen LogP contribution in [0.1, 0.15) is 16.2 Å². The maximum Gasteiger partial charge on any atom is 0.356 e. The molecule has 0 spiro atoms. The number of carboxylic acids is 1. The number of nitrogens with zero attached hydrogens (tertiary/aromatic N) is 1. The van der Waals surface area contributed by atoms with E-state index in [-0.39, 0.29) is 11.5 Å². The number of ether oxygens (including phenoxy) is 1. The van der Waals surface area contributed by atoms with Gasteiger partial charge in [0.2, 0.25) is 0 Å². The van der Waals surface area contributed by atoms with Crippen molar-refractivity contribution in [3.63, 3.8) is 0 Å². The van der Waals surface area contributed by atoms with Crippen LogP contribution in [-0.4, -0.2) is 27.9 Å². The third-order valence-corrected chi connectivity index (χ3v) is 2.30. The highest BCUT2D eigenvalue weighted by Crippen LogP contribution is 2.11. The van der Waals surface area contributed by atoms with Crippen molar-refractivity contribution in [1.29, 1.82) is 0 Å². The number of nitrogens with one attached hydrogen (secondary N) is 1. The predicted octanol–water partition coefficient (Wildman–Crippen LogP) is 1.87. The molecule has 0 aliphatic heterocycles. The molecule has 0 amide bonds. The average molecular weight is 250 g/mol. The molecule has 0 saturated heterocycles. The Balaban J connectivity index is 1.84. The summed E-state index contributed by atoms with van der Waals surface area (Å²) in [5.74, 6) is -0.826. The number of aromatic carboxylic acids is 1. The van der Waals surface area contributed by atoms with E-state index in [9.17, 15) is 9.18 Å². The van der Waals surface area contributed by atoms with Gasteiger partial charge in [-0.15, -0.1) is 0 Å². The monoisotopic (exact) mass is 250 g/mol. The van der Waals surface area contributed by atoms with E-state index in [1.165, 1.54) is 30.3 Å². The number of hydrogen-bond donors (Lipinski definition) is 2. The minimum absolute atomic E-state index is 0.0215. The molecule has 0 aliphatic carbocycles. The number of aromatic amines is 1. The summed E-state index contributed by atoms with van der Waals surface area (Å²) in [6, 6.07) is 7.15. The van der Waals surface area contributed by atoms with Crippen LogP contribution in [0.5, 0.6) is 5.75 Å². The summed E-state index contributed by atoms with van der Waals surface area (Å²) < 4.78 is 18.0. The summed E-state index contributed by atoms with van der Waals surface area (Å²) in [7, 11) is 0. The van der Waals surface area contributed by atoms with Gasteiger partial charge >= 0.3 is 5.97 Å². The third kappa shape index (κ3) is 3.07. The second kappa shape index (κ2) is 5.31. The van der Waals surface area contributed by atoms with Gasteiger partial charge in [-0.3, -0.25) is 5.10 Å². The number of H-pyrrole nitrogens is 1. The first-order valence-electron chi connectivity index (χ1n) is 5.31. The van der Waals surface area contributed by atoms with Crippen molar-refractivity contribution in [2.24, 2.45) is 0 Å². The Morgan fingerprint density at radius 1 is 1.39 bits per heavy atom. The lowest BCUT2D eigenvalue weighted by molar-refractivity contribution is 0.0690. The molecular weight excluding hydrogens is 239 g/mol. The van der Waals surface area contributed by atoms with Crippen LogP contribution in [0.3, 0.4) is 0 Å². The number of halogens is 1. The Morgan fingerprint density at radius 2 is 2.11 bits per heavy atom. The molecule has 1 heterocycles. The Bertz CT molecular complexity index is 537. The maximum absolute atomic E-state index is 12.6. The second-order valence-electron chi connectivity index (χ2n) is 3.64. The van der Waals surface area contributed by atoms with E-state index in [2.05, 4.69) is 10.2 Å². The molecule has 2 aromatic rings. The van der Waals surface area contributed by atoms with Gasteiger partial charge < -0.3 is 9.84 Å². The van der Waals surface area contributed by atoms with E-state index in [0.717, 1.165) is 0 Å². The van der Waals surface area contributed by atoms with E-state index in [0.29, 0.717) is 24.5 Å². The topological polar surface area (TPSA) is 75.2 Å². The number of carbonyl (C=O) groups is 1. The van der Waals surface area contributed by atoms with Crippen molar-refractivity contribution in [3.8, 4) is 5.75 Å². The molecule has 94 valence electrons. The van der Waals surface area contributed by atoms with E-state index < -0.39 is 5.97 Å². The van der Waals surface area contributed by atoms with Crippen LogP contribution in [0.2, 0.25) is 0 Å². The van der Waals surface area contributed by atoms with Crippen molar-refractivity contribution in [1.82, 2.24) is 10.2 Å². The van der Waals surface area contributed by atoms with Gasteiger partial charge in [0.05, 0.1) is 6.61 Å². The van der Waals surface area contributed by atoms with Crippen LogP contribution in [0.4, 0.5) is 4.39 Å². The number of rotatable bonds is 5. The quantitative estimate of drug-likeness (QED) is 0.849. The molecule has 18 heavy (non-hydrogen) atoms. The van der Waals surface area contributed by atoms with Crippen molar-refractivity contribution in [3.05, 3.63) is 47.5 Å². The third-order valence-electron chi connectivity index (χ3n) is 2.30. The molecule has 0 unspecified atom stereocenters. The predicted molar refractivity (Wildman–Crippen MR) is 61.1 cm³/mol. The minimum Gasteiger partial charge on any atom is -0.493 e. The summed E-state index contributed by atoms with van der Waals surface area (Å²) in [5.41, 5.74) is 0.654. The first-order chi connectivity index (χ1) is 8.65. The highest BCUT2D eigenvalue weighted by molar-refractivity contribution is 5.85. The van der Waals surface area contributed by atoms with Crippen LogP contribution >= 0.6 is 0 Å². The first-order valence-corrected chi connectivity index (χ1v) is 5.31. The zero-order valence-electron chi connectivity index (χ0n) is 9.39. The normalized spacial score (nSPS) is 10.3.